The highest BCUT2D eigenvalue weighted by molar-refractivity contribution is 6.03. The fourth-order valence-electron chi connectivity index (χ4n) is 2.62. The third-order valence-electron chi connectivity index (χ3n) is 4.34. The second kappa shape index (κ2) is 7.96. The number of amides is 1. The van der Waals surface area contributed by atoms with E-state index in [1.54, 1.807) is 19.1 Å². The summed E-state index contributed by atoms with van der Waals surface area (Å²) in [4.78, 5) is 23.0. The number of rotatable bonds is 6. The largest absolute Gasteiger partial charge is 0.486 e. The van der Waals surface area contributed by atoms with Gasteiger partial charge in [-0.1, -0.05) is 12.1 Å². The van der Waals surface area contributed by atoms with Gasteiger partial charge < -0.3 is 14.5 Å². The summed E-state index contributed by atoms with van der Waals surface area (Å²) in [6.45, 7) is 5.93. The van der Waals surface area contributed by atoms with Crippen LogP contribution in [0.2, 0.25) is 0 Å². The van der Waals surface area contributed by atoms with Crippen molar-refractivity contribution in [2.75, 3.05) is 5.32 Å². The van der Waals surface area contributed by atoms with Gasteiger partial charge in [0.1, 0.15) is 23.8 Å². The molecule has 2 aromatic carbocycles. The van der Waals surface area contributed by atoms with Gasteiger partial charge in [0, 0.05) is 6.07 Å². The maximum atomic E-state index is 12.4. The zero-order valence-electron chi connectivity index (χ0n) is 15.8. The maximum absolute atomic E-state index is 12.4. The van der Waals surface area contributed by atoms with Crippen LogP contribution in [0.4, 0.5) is 11.4 Å². The number of carbonyl (C=O) groups is 1. The number of aryl methyl sites for hydroxylation is 3. The van der Waals surface area contributed by atoms with Crippen molar-refractivity contribution in [1.29, 1.82) is 0 Å². The Balaban J connectivity index is 1.67. The minimum absolute atomic E-state index is 0.0496. The molecule has 0 aliphatic rings. The molecule has 1 aromatic heterocycles. The van der Waals surface area contributed by atoms with E-state index in [-0.39, 0.29) is 23.7 Å². The molecule has 1 N–H and O–H groups in total. The standard InChI is InChI=1S/C21H20N2O5/c1-13-4-8-18(19(10-13)23(25)26)22-21(24)20-9-7-17(28-20)12-27-16-6-5-14(2)15(3)11-16/h4-11H,12H2,1-3H3,(H,22,24). The van der Waals surface area contributed by atoms with Crippen molar-refractivity contribution in [3.05, 3.63) is 86.9 Å². The second-order valence-corrected chi connectivity index (χ2v) is 6.53. The number of nitrogens with zero attached hydrogens (tertiary/aromatic N) is 1. The van der Waals surface area contributed by atoms with E-state index in [4.69, 9.17) is 9.15 Å². The molecule has 0 unspecified atom stereocenters. The van der Waals surface area contributed by atoms with Crippen LogP contribution in [0.25, 0.3) is 0 Å². The van der Waals surface area contributed by atoms with Crippen LogP contribution in [0.15, 0.2) is 52.9 Å². The molecule has 0 saturated heterocycles. The Morgan fingerprint density at radius 1 is 1.07 bits per heavy atom. The van der Waals surface area contributed by atoms with Crippen LogP contribution in [0, 0.1) is 30.9 Å². The Bertz CT molecular complexity index is 1040. The van der Waals surface area contributed by atoms with Crippen LogP contribution in [0.1, 0.15) is 33.0 Å². The molecular formula is C21H20N2O5. The van der Waals surface area contributed by atoms with E-state index >= 15 is 0 Å². The number of ether oxygens (including phenoxy) is 1. The Morgan fingerprint density at radius 3 is 2.57 bits per heavy atom. The smallest absolute Gasteiger partial charge is 0.293 e. The Labute approximate surface area is 162 Å². The first-order chi connectivity index (χ1) is 13.3. The molecule has 0 saturated carbocycles. The van der Waals surface area contributed by atoms with Gasteiger partial charge in [0.05, 0.1) is 4.92 Å². The molecule has 1 amide bonds. The normalized spacial score (nSPS) is 10.5. The first-order valence-corrected chi connectivity index (χ1v) is 8.68. The van der Waals surface area contributed by atoms with Gasteiger partial charge in [-0.25, -0.2) is 0 Å². The Hall–Kier alpha value is -3.61. The molecule has 0 atom stereocenters. The van der Waals surface area contributed by atoms with Crippen molar-refractivity contribution < 1.29 is 18.9 Å². The molecule has 0 aliphatic carbocycles. The summed E-state index contributed by atoms with van der Waals surface area (Å²) >= 11 is 0. The lowest BCUT2D eigenvalue weighted by molar-refractivity contribution is -0.384. The van der Waals surface area contributed by atoms with Gasteiger partial charge >= 0.3 is 0 Å². The number of nitro groups is 1. The third-order valence-corrected chi connectivity index (χ3v) is 4.34. The molecule has 0 aliphatic heterocycles. The van der Waals surface area contributed by atoms with Crippen molar-refractivity contribution in [3.63, 3.8) is 0 Å². The maximum Gasteiger partial charge on any atom is 0.293 e. The van der Waals surface area contributed by atoms with E-state index < -0.39 is 10.8 Å². The van der Waals surface area contributed by atoms with E-state index in [0.29, 0.717) is 11.5 Å². The molecule has 3 rings (SSSR count). The van der Waals surface area contributed by atoms with Crippen molar-refractivity contribution in [2.24, 2.45) is 0 Å². The van der Waals surface area contributed by atoms with Crippen molar-refractivity contribution >= 4 is 17.3 Å². The Morgan fingerprint density at radius 2 is 1.86 bits per heavy atom. The van der Waals surface area contributed by atoms with Crippen LogP contribution in [-0.4, -0.2) is 10.8 Å². The average molecular weight is 380 g/mol. The van der Waals surface area contributed by atoms with Gasteiger partial charge in [0.15, 0.2) is 5.76 Å². The van der Waals surface area contributed by atoms with E-state index in [1.807, 2.05) is 32.0 Å². The zero-order valence-corrected chi connectivity index (χ0v) is 15.8. The molecule has 0 radical (unpaired) electrons. The molecule has 7 heteroatoms. The van der Waals surface area contributed by atoms with Crippen molar-refractivity contribution in [1.82, 2.24) is 0 Å². The number of nitro benzene ring substituents is 1. The number of furan rings is 1. The predicted octanol–water partition coefficient (Wildman–Crippen LogP) is 4.94. The predicted molar refractivity (Wildman–Crippen MR) is 105 cm³/mol. The number of anilines is 1. The van der Waals surface area contributed by atoms with Gasteiger partial charge in [0.25, 0.3) is 11.6 Å². The Kier molecular flexibility index (Phi) is 5.44. The quantitative estimate of drug-likeness (QED) is 0.482. The van der Waals surface area contributed by atoms with Gasteiger partial charge in [-0.2, -0.15) is 0 Å². The van der Waals surface area contributed by atoms with Crippen molar-refractivity contribution in [3.8, 4) is 5.75 Å². The zero-order chi connectivity index (χ0) is 20.3. The monoisotopic (exact) mass is 380 g/mol. The van der Waals surface area contributed by atoms with Crippen molar-refractivity contribution in [2.45, 2.75) is 27.4 Å². The second-order valence-electron chi connectivity index (χ2n) is 6.53. The molecule has 3 aromatic rings. The third kappa shape index (κ3) is 4.37. The summed E-state index contributed by atoms with van der Waals surface area (Å²) in [7, 11) is 0. The molecule has 7 nitrogen and oxygen atoms in total. The minimum atomic E-state index is -0.565. The average Bonchev–Trinajstić information content (AvgIpc) is 3.13. The molecule has 1 heterocycles. The summed E-state index contributed by atoms with van der Waals surface area (Å²) in [5, 5.41) is 13.7. The summed E-state index contributed by atoms with van der Waals surface area (Å²) in [5.41, 5.74) is 2.97. The number of hydrogen-bond acceptors (Lipinski definition) is 5. The number of benzene rings is 2. The van der Waals surface area contributed by atoms with Gasteiger partial charge in [-0.3, -0.25) is 14.9 Å². The van der Waals surface area contributed by atoms with Crippen LogP contribution < -0.4 is 10.1 Å². The van der Waals surface area contributed by atoms with E-state index in [1.165, 1.54) is 23.8 Å². The summed E-state index contributed by atoms with van der Waals surface area (Å²) in [6.07, 6.45) is 0. The van der Waals surface area contributed by atoms with E-state index in [2.05, 4.69) is 5.32 Å². The molecule has 0 bridgehead atoms. The van der Waals surface area contributed by atoms with Crippen LogP contribution in [0.3, 0.4) is 0 Å². The lowest BCUT2D eigenvalue weighted by Gasteiger charge is -2.07. The van der Waals surface area contributed by atoms with Crippen LogP contribution in [0.5, 0.6) is 5.75 Å². The van der Waals surface area contributed by atoms with Crippen LogP contribution >= 0.6 is 0 Å². The first kappa shape index (κ1) is 19.2. The fourth-order valence-corrected chi connectivity index (χ4v) is 2.62. The van der Waals surface area contributed by atoms with E-state index in [9.17, 15) is 14.9 Å². The summed E-state index contributed by atoms with van der Waals surface area (Å²) in [6, 6.07) is 13.5. The molecular weight excluding hydrogens is 360 g/mol. The highest BCUT2D eigenvalue weighted by atomic mass is 16.6. The highest BCUT2D eigenvalue weighted by Gasteiger charge is 2.19. The minimum Gasteiger partial charge on any atom is -0.486 e. The summed E-state index contributed by atoms with van der Waals surface area (Å²) in [5.74, 6) is 0.667. The molecule has 0 fully saturated rings. The van der Waals surface area contributed by atoms with E-state index in [0.717, 1.165) is 11.1 Å². The van der Waals surface area contributed by atoms with Gasteiger partial charge in [-0.15, -0.1) is 0 Å². The molecule has 28 heavy (non-hydrogen) atoms. The topological polar surface area (TPSA) is 94.6 Å². The molecule has 0 spiro atoms. The number of nitrogens with one attached hydrogen (secondary N) is 1. The number of hydrogen-bond donors (Lipinski definition) is 1. The van der Waals surface area contributed by atoms with Crippen LogP contribution in [-0.2, 0) is 6.61 Å². The summed E-state index contributed by atoms with van der Waals surface area (Å²) < 4.78 is 11.2. The highest BCUT2D eigenvalue weighted by Crippen LogP contribution is 2.26. The van der Waals surface area contributed by atoms with Gasteiger partial charge in [0.2, 0.25) is 0 Å². The SMILES string of the molecule is Cc1ccc(NC(=O)c2ccc(COc3ccc(C)c(C)c3)o2)c([N+](=O)[O-])c1. The first-order valence-electron chi connectivity index (χ1n) is 8.68. The lowest BCUT2D eigenvalue weighted by atomic mass is 10.1. The number of carbonyl (C=O) groups excluding carboxylic acids is 1. The van der Waals surface area contributed by atoms with Gasteiger partial charge in [-0.05, 0) is 67.8 Å². The fraction of sp³-hybridized carbons (Fsp3) is 0.190. The molecule has 144 valence electrons. The lowest BCUT2D eigenvalue weighted by Crippen LogP contribution is -2.12.